The van der Waals surface area contributed by atoms with Crippen LogP contribution in [0.3, 0.4) is 0 Å². The molecule has 3 nitrogen and oxygen atoms in total. The fraction of sp³-hybridized carbons (Fsp3) is 0.909. The average molecular weight is 231 g/mol. The Labute approximate surface area is 96.5 Å². The Hall–Kier alpha value is -0.220. The van der Waals surface area contributed by atoms with Gasteiger partial charge in [0, 0.05) is 17.8 Å². The first-order chi connectivity index (χ1) is 7.07. The van der Waals surface area contributed by atoms with Crippen LogP contribution in [0.15, 0.2) is 0 Å². The van der Waals surface area contributed by atoms with Crippen LogP contribution in [0.25, 0.3) is 0 Å². The summed E-state index contributed by atoms with van der Waals surface area (Å²) in [5, 5.41) is 0. The summed E-state index contributed by atoms with van der Waals surface area (Å²) in [6.45, 7) is 4.04. The predicted molar refractivity (Wildman–Crippen MR) is 64.1 cm³/mol. The number of hydrogen-bond acceptors (Lipinski definition) is 4. The maximum Gasteiger partial charge on any atom is 0.309 e. The smallest absolute Gasteiger partial charge is 0.309 e. The van der Waals surface area contributed by atoms with Crippen molar-refractivity contribution in [3.8, 4) is 0 Å². The zero-order chi connectivity index (χ0) is 11.4. The normalized spacial score (nSPS) is 25.3. The summed E-state index contributed by atoms with van der Waals surface area (Å²) >= 11 is 2.00. The van der Waals surface area contributed by atoms with E-state index < -0.39 is 0 Å². The molecule has 1 aliphatic rings. The van der Waals surface area contributed by atoms with Crippen molar-refractivity contribution >= 4 is 17.7 Å². The van der Waals surface area contributed by atoms with Gasteiger partial charge < -0.3 is 4.74 Å². The lowest BCUT2D eigenvalue weighted by Crippen LogP contribution is -2.44. The summed E-state index contributed by atoms with van der Waals surface area (Å²) in [5.74, 6) is 2.27. The van der Waals surface area contributed by atoms with Crippen molar-refractivity contribution in [3.63, 3.8) is 0 Å². The average Bonchev–Trinajstić information content (AvgIpc) is 2.78. The summed E-state index contributed by atoms with van der Waals surface area (Å²) in [5.41, 5.74) is 0. The summed E-state index contributed by atoms with van der Waals surface area (Å²) in [4.78, 5) is 13.7. The van der Waals surface area contributed by atoms with Crippen LogP contribution in [0.1, 0.15) is 20.3 Å². The highest BCUT2D eigenvalue weighted by Gasteiger charge is 2.29. The molecule has 1 fully saturated rings. The number of nitrogens with zero attached hydrogens (tertiary/aromatic N) is 1. The van der Waals surface area contributed by atoms with E-state index in [1.807, 2.05) is 18.7 Å². The van der Waals surface area contributed by atoms with Crippen LogP contribution in [0.5, 0.6) is 0 Å². The number of ether oxygens (including phenoxy) is 1. The first-order valence-electron chi connectivity index (χ1n) is 5.45. The highest BCUT2D eigenvalue weighted by Crippen LogP contribution is 2.24. The summed E-state index contributed by atoms with van der Waals surface area (Å²) in [7, 11) is 3.57. The van der Waals surface area contributed by atoms with Crippen LogP contribution in [-0.4, -0.2) is 48.6 Å². The molecule has 4 heteroatoms. The fourth-order valence-corrected chi connectivity index (χ4v) is 3.19. The van der Waals surface area contributed by atoms with Crippen LogP contribution < -0.4 is 0 Å². The maximum absolute atomic E-state index is 11.4. The lowest BCUT2D eigenvalue weighted by atomic mass is 10.0. The molecule has 3 atom stereocenters. The van der Waals surface area contributed by atoms with E-state index in [4.69, 9.17) is 4.74 Å². The van der Waals surface area contributed by atoms with E-state index in [0.717, 1.165) is 0 Å². The molecule has 0 aromatic heterocycles. The molecule has 0 N–H and O–H groups in total. The van der Waals surface area contributed by atoms with Gasteiger partial charge in [0.2, 0.25) is 0 Å². The lowest BCUT2D eigenvalue weighted by Gasteiger charge is -2.32. The van der Waals surface area contributed by atoms with Crippen LogP contribution >= 0.6 is 11.8 Å². The molecule has 1 saturated heterocycles. The largest absolute Gasteiger partial charge is 0.469 e. The van der Waals surface area contributed by atoms with Crippen molar-refractivity contribution in [1.29, 1.82) is 0 Å². The third kappa shape index (κ3) is 3.11. The van der Waals surface area contributed by atoms with Crippen molar-refractivity contribution in [2.75, 3.05) is 25.7 Å². The van der Waals surface area contributed by atoms with Crippen LogP contribution in [0, 0.1) is 5.92 Å². The molecule has 3 unspecified atom stereocenters. The molecular weight excluding hydrogens is 210 g/mol. The van der Waals surface area contributed by atoms with Gasteiger partial charge in [0.1, 0.15) is 0 Å². The third-order valence-electron chi connectivity index (χ3n) is 3.42. The molecule has 0 bridgehead atoms. The second-order valence-corrected chi connectivity index (χ2v) is 5.39. The number of rotatable bonds is 4. The second kappa shape index (κ2) is 5.75. The Morgan fingerprint density at radius 2 is 2.20 bits per heavy atom. The molecule has 0 aliphatic carbocycles. The second-order valence-electron chi connectivity index (χ2n) is 4.24. The highest BCUT2D eigenvalue weighted by molar-refractivity contribution is 7.99. The Bertz CT molecular complexity index is 217. The number of hydrogen-bond donors (Lipinski definition) is 0. The van der Waals surface area contributed by atoms with E-state index in [-0.39, 0.29) is 17.9 Å². The van der Waals surface area contributed by atoms with Gasteiger partial charge in [-0.2, -0.15) is 11.8 Å². The van der Waals surface area contributed by atoms with Crippen molar-refractivity contribution in [3.05, 3.63) is 0 Å². The van der Waals surface area contributed by atoms with Gasteiger partial charge in [-0.25, -0.2) is 0 Å². The molecule has 1 aliphatic heterocycles. The standard InChI is InChI=1S/C11H21NO2S/c1-8(11(13)14-4)9(2)12(3)10-5-6-15-7-10/h8-10H,5-7H2,1-4H3. The van der Waals surface area contributed by atoms with E-state index in [0.29, 0.717) is 6.04 Å². The Balaban J connectivity index is 2.50. The van der Waals surface area contributed by atoms with E-state index in [1.165, 1.54) is 25.0 Å². The molecule has 0 amide bonds. The molecule has 1 heterocycles. The van der Waals surface area contributed by atoms with E-state index in [2.05, 4.69) is 18.9 Å². The third-order valence-corrected chi connectivity index (χ3v) is 4.57. The maximum atomic E-state index is 11.4. The van der Waals surface area contributed by atoms with Crippen molar-refractivity contribution in [2.24, 2.45) is 5.92 Å². The Kier molecular flexibility index (Phi) is 4.93. The van der Waals surface area contributed by atoms with Crippen LogP contribution in [0.2, 0.25) is 0 Å². The number of thioether (sulfide) groups is 1. The molecule has 88 valence electrons. The van der Waals surface area contributed by atoms with E-state index in [9.17, 15) is 4.79 Å². The van der Waals surface area contributed by atoms with Gasteiger partial charge in [0.25, 0.3) is 0 Å². The summed E-state index contributed by atoms with van der Waals surface area (Å²) in [6.07, 6.45) is 1.24. The SMILES string of the molecule is COC(=O)C(C)C(C)N(C)C1CCSC1. The van der Waals surface area contributed by atoms with Gasteiger partial charge in [-0.15, -0.1) is 0 Å². The van der Waals surface area contributed by atoms with Gasteiger partial charge in [0.05, 0.1) is 13.0 Å². The molecule has 1 rings (SSSR count). The molecule has 0 aromatic rings. The van der Waals surface area contributed by atoms with Crippen molar-refractivity contribution in [2.45, 2.75) is 32.4 Å². The molecular formula is C11H21NO2S. The van der Waals surface area contributed by atoms with Crippen molar-refractivity contribution in [1.82, 2.24) is 4.90 Å². The number of esters is 1. The number of carbonyl (C=O) groups is 1. The molecule has 0 spiro atoms. The van der Waals surface area contributed by atoms with Gasteiger partial charge in [0.15, 0.2) is 0 Å². The topological polar surface area (TPSA) is 29.5 Å². The van der Waals surface area contributed by atoms with Gasteiger partial charge in [-0.1, -0.05) is 6.92 Å². The van der Waals surface area contributed by atoms with Crippen molar-refractivity contribution < 1.29 is 9.53 Å². The number of carbonyl (C=O) groups excluding carboxylic acids is 1. The van der Waals surface area contributed by atoms with Gasteiger partial charge >= 0.3 is 5.97 Å². The first-order valence-corrected chi connectivity index (χ1v) is 6.61. The minimum Gasteiger partial charge on any atom is -0.469 e. The minimum atomic E-state index is -0.111. The first kappa shape index (κ1) is 12.8. The minimum absolute atomic E-state index is 0.0504. The Morgan fingerprint density at radius 3 is 2.67 bits per heavy atom. The fourth-order valence-electron chi connectivity index (χ4n) is 1.91. The molecule has 0 aromatic carbocycles. The molecule has 15 heavy (non-hydrogen) atoms. The zero-order valence-corrected chi connectivity index (χ0v) is 10.8. The highest BCUT2D eigenvalue weighted by atomic mass is 32.2. The van der Waals surface area contributed by atoms with E-state index in [1.54, 1.807) is 0 Å². The lowest BCUT2D eigenvalue weighted by molar-refractivity contribution is -0.147. The molecule has 0 radical (unpaired) electrons. The summed E-state index contributed by atoms with van der Waals surface area (Å²) < 4.78 is 4.78. The predicted octanol–water partition coefficient (Wildman–Crippen LogP) is 1.62. The monoisotopic (exact) mass is 231 g/mol. The Morgan fingerprint density at radius 1 is 1.53 bits per heavy atom. The quantitative estimate of drug-likeness (QED) is 0.688. The number of methoxy groups -OCH3 is 1. The zero-order valence-electron chi connectivity index (χ0n) is 10.0. The van der Waals surface area contributed by atoms with Crippen LogP contribution in [0.4, 0.5) is 0 Å². The van der Waals surface area contributed by atoms with E-state index >= 15 is 0 Å². The molecule has 0 saturated carbocycles. The van der Waals surface area contributed by atoms with Gasteiger partial charge in [-0.3, -0.25) is 9.69 Å². The summed E-state index contributed by atoms with van der Waals surface area (Å²) in [6, 6.07) is 0.873. The van der Waals surface area contributed by atoms with Crippen LogP contribution in [-0.2, 0) is 9.53 Å². The van der Waals surface area contributed by atoms with Gasteiger partial charge in [-0.05, 0) is 26.1 Å².